The molecule has 0 saturated carbocycles. The van der Waals surface area contributed by atoms with Gasteiger partial charge in [0.2, 0.25) is 0 Å². The third-order valence-electron chi connectivity index (χ3n) is 2.45. The third-order valence-corrected chi connectivity index (χ3v) is 2.45. The lowest BCUT2D eigenvalue weighted by Gasteiger charge is -2.18. The number of hydrogen-bond acceptors (Lipinski definition) is 3. The maximum absolute atomic E-state index is 13.6. The van der Waals surface area contributed by atoms with Crippen LogP contribution in [-0.4, -0.2) is 17.6 Å². The summed E-state index contributed by atoms with van der Waals surface area (Å²) in [5.41, 5.74) is 5.82. The largest absolute Gasteiger partial charge is 0.490 e. The summed E-state index contributed by atoms with van der Waals surface area (Å²) in [5.74, 6) is -0.475. The normalized spacial score (nSPS) is 12.6. The van der Waals surface area contributed by atoms with Crippen molar-refractivity contribution in [1.82, 2.24) is 0 Å². The molecular formula is C13H19FN2O2. The van der Waals surface area contributed by atoms with Gasteiger partial charge in [-0.3, -0.25) is 0 Å². The zero-order chi connectivity index (χ0) is 13.8. The molecule has 100 valence electrons. The van der Waals surface area contributed by atoms with Crippen molar-refractivity contribution in [1.29, 1.82) is 0 Å². The van der Waals surface area contributed by atoms with E-state index in [9.17, 15) is 4.39 Å². The van der Waals surface area contributed by atoms with Crippen molar-refractivity contribution in [2.24, 2.45) is 16.3 Å². The molecule has 18 heavy (non-hydrogen) atoms. The second kappa shape index (κ2) is 5.71. The van der Waals surface area contributed by atoms with Crippen LogP contribution in [-0.2, 0) is 0 Å². The lowest BCUT2D eigenvalue weighted by molar-refractivity contribution is 0.235. The molecule has 1 aromatic rings. The molecule has 0 spiro atoms. The minimum atomic E-state index is -0.520. The monoisotopic (exact) mass is 254 g/mol. The van der Waals surface area contributed by atoms with Gasteiger partial charge in [-0.05, 0) is 30.0 Å². The number of nitrogens with two attached hydrogens (primary N) is 1. The first kappa shape index (κ1) is 14.3. The minimum absolute atomic E-state index is 0.129. The van der Waals surface area contributed by atoms with Gasteiger partial charge in [-0.25, -0.2) is 4.39 Å². The molecule has 0 aliphatic carbocycles. The smallest absolute Gasteiger partial charge is 0.170 e. The van der Waals surface area contributed by atoms with E-state index in [1.165, 1.54) is 12.1 Å². The standard InChI is InChI=1S/C13H19FN2O2/c1-13(2,3)6-7-18-11-5-4-9(8-10(11)14)12(15)16-17/h4-5,8,17H,6-7H2,1-3H3,(H2,15,16). The zero-order valence-corrected chi connectivity index (χ0v) is 10.9. The first-order chi connectivity index (χ1) is 8.33. The van der Waals surface area contributed by atoms with Gasteiger partial charge in [0.1, 0.15) is 0 Å². The SMILES string of the molecule is CC(C)(C)CCOc1ccc(C(N)=NO)cc1F. The Morgan fingerprint density at radius 1 is 1.44 bits per heavy atom. The van der Waals surface area contributed by atoms with E-state index in [4.69, 9.17) is 15.7 Å². The molecule has 5 heteroatoms. The fourth-order valence-electron chi connectivity index (χ4n) is 1.30. The van der Waals surface area contributed by atoms with Gasteiger partial charge in [-0.1, -0.05) is 25.9 Å². The fraction of sp³-hybridized carbons (Fsp3) is 0.462. The number of benzene rings is 1. The number of halogens is 1. The van der Waals surface area contributed by atoms with Crippen molar-refractivity contribution < 1.29 is 14.3 Å². The quantitative estimate of drug-likeness (QED) is 0.376. The van der Waals surface area contributed by atoms with Crippen molar-refractivity contribution in [3.8, 4) is 5.75 Å². The molecule has 0 radical (unpaired) electrons. The van der Waals surface area contributed by atoms with Gasteiger partial charge in [0.15, 0.2) is 17.4 Å². The number of amidine groups is 1. The molecule has 0 fully saturated rings. The first-order valence-corrected chi connectivity index (χ1v) is 5.74. The second-order valence-corrected chi connectivity index (χ2v) is 5.29. The molecule has 0 saturated heterocycles. The van der Waals surface area contributed by atoms with Crippen LogP contribution in [0.2, 0.25) is 0 Å². The van der Waals surface area contributed by atoms with Crippen LogP contribution in [0.3, 0.4) is 0 Å². The summed E-state index contributed by atoms with van der Waals surface area (Å²) in [7, 11) is 0. The average molecular weight is 254 g/mol. The summed E-state index contributed by atoms with van der Waals surface area (Å²) in [5, 5.41) is 11.3. The molecular weight excluding hydrogens is 235 g/mol. The Kier molecular flexibility index (Phi) is 4.53. The highest BCUT2D eigenvalue weighted by Crippen LogP contribution is 2.22. The second-order valence-electron chi connectivity index (χ2n) is 5.29. The van der Waals surface area contributed by atoms with Crippen LogP contribution in [0.4, 0.5) is 4.39 Å². The van der Waals surface area contributed by atoms with Crippen LogP contribution < -0.4 is 10.5 Å². The highest BCUT2D eigenvalue weighted by molar-refractivity contribution is 5.97. The van der Waals surface area contributed by atoms with Gasteiger partial charge >= 0.3 is 0 Å². The average Bonchev–Trinajstić information content (AvgIpc) is 2.28. The number of hydrogen-bond donors (Lipinski definition) is 2. The van der Waals surface area contributed by atoms with E-state index < -0.39 is 5.82 Å². The van der Waals surface area contributed by atoms with Gasteiger partial charge in [0, 0.05) is 5.56 Å². The highest BCUT2D eigenvalue weighted by atomic mass is 19.1. The molecule has 3 N–H and O–H groups in total. The van der Waals surface area contributed by atoms with Crippen LogP contribution in [0.25, 0.3) is 0 Å². The van der Waals surface area contributed by atoms with Gasteiger partial charge in [0.05, 0.1) is 6.61 Å². The molecule has 0 amide bonds. The highest BCUT2D eigenvalue weighted by Gasteiger charge is 2.12. The molecule has 1 rings (SSSR count). The van der Waals surface area contributed by atoms with E-state index in [2.05, 4.69) is 25.9 Å². The maximum Gasteiger partial charge on any atom is 0.170 e. The Balaban J connectivity index is 2.69. The van der Waals surface area contributed by atoms with Crippen molar-refractivity contribution in [3.63, 3.8) is 0 Å². The van der Waals surface area contributed by atoms with Crippen LogP contribution in [0.5, 0.6) is 5.75 Å². The van der Waals surface area contributed by atoms with Crippen LogP contribution in [0, 0.1) is 11.2 Å². The topological polar surface area (TPSA) is 67.8 Å². The Morgan fingerprint density at radius 3 is 2.61 bits per heavy atom. The summed E-state index contributed by atoms with van der Waals surface area (Å²) in [4.78, 5) is 0. The van der Waals surface area contributed by atoms with Crippen molar-refractivity contribution in [2.75, 3.05) is 6.61 Å². The lowest BCUT2D eigenvalue weighted by atomic mass is 9.93. The minimum Gasteiger partial charge on any atom is -0.490 e. The maximum atomic E-state index is 13.6. The number of oxime groups is 1. The van der Waals surface area contributed by atoms with Crippen LogP contribution >= 0.6 is 0 Å². The number of ether oxygens (including phenoxy) is 1. The van der Waals surface area contributed by atoms with Gasteiger partial charge < -0.3 is 15.7 Å². The Morgan fingerprint density at radius 2 is 2.11 bits per heavy atom. The predicted molar refractivity (Wildman–Crippen MR) is 68.5 cm³/mol. The van der Waals surface area contributed by atoms with E-state index in [1.807, 2.05) is 0 Å². The molecule has 0 bridgehead atoms. The zero-order valence-electron chi connectivity index (χ0n) is 10.9. The molecule has 0 aliphatic heterocycles. The molecule has 4 nitrogen and oxygen atoms in total. The third kappa shape index (κ3) is 4.24. The van der Waals surface area contributed by atoms with Crippen LogP contribution in [0.15, 0.2) is 23.4 Å². The van der Waals surface area contributed by atoms with E-state index in [0.29, 0.717) is 12.2 Å². The molecule has 0 aromatic heterocycles. The Labute approximate surface area is 106 Å². The fourth-order valence-corrected chi connectivity index (χ4v) is 1.30. The number of rotatable bonds is 4. The summed E-state index contributed by atoms with van der Waals surface area (Å²) in [6.07, 6.45) is 0.828. The van der Waals surface area contributed by atoms with E-state index in [1.54, 1.807) is 6.07 Å². The molecule has 0 unspecified atom stereocenters. The summed E-state index contributed by atoms with van der Waals surface area (Å²) < 4.78 is 19.0. The van der Waals surface area contributed by atoms with Gasteiger partial charge in [0.25, 0.3) is 0 Å². The molecule has 1 aromatic carbocycles. The van der Waals surface area contributed by atoms with Gasteiger partial charge in [-0.2, -0.15) is 0 Å². The summed E-state index contributed by atoms with van der Waals surface area (Å²) >= 11 is 0. The summed E-state index contributed by atoms with van der Waals surface area (Å²) in [6, 6.07) is 4.21. The van der Waals surface area contributed by atoms with E-state index in [-0.39, 0.29) is 17.0 Å². The lowest BCUT2D eigenvalue weighted by Crippen LogP contribution is -2.14. The van der Waals surface area contributed by atoms with Crippen LogP contribution in [0.1, 0.15) is 32.8 Å². The molecule has 0 atom stereocenters. The molecule has 0 heterocycles. The Bertz CT molecular complexity index is 439. The van der Waals surface area contributed by atoms with Crippen molar-refractivity contribution in [3.05, 3.63) is 29.6 Å². The summed E-state index contributed by atoms with van der Waals surface area (Å²) in [6.45, 7) is 6.72. The predicted octanol–water partition coefficient (Wildman–Crippen LogP) is 2.74. The van der Waals surface area contributed by atoms with E-state index >= 15 is 0 Å². The first-order valence-electron chi connectivity index (χ1n) is 5.74. The van der Waals surface area contributed by atoms with E-state index in [0.717, 1.165) is 6.42 Å². The Hall–Kier alpha value is -1.78. The molecule has 0 aliphatic rings. The van der Waals surface area contributed by atoms with Gasteiger partial charge in [-0.15, -0.1) is 0 Å². The van der Waals surface area contributed by atoms with Crippen molar-refractivity contribution >= 4 is 5.84 Å². The van der Waals surface area contributed by atoms with Crippen molar-refractivity contribution in [2.45, 2.75) is 27.2 Å². The number of nitrogens with zero attached hydrogens (tertiary/aromatic N) is 1.